The van der Waals surface area contributed by atoms with E-state index in [1.54, 1.807) is 11.8 Å². The Morgan fingerprint density at radius 3 is 2.16 bits per heavy atom. The molecule has 134 valence electrons. The van der Waals surface area contributed by atoms with Crippen molar-refractivity contribution in [3.63, 3.8) is 0 Å². The molecule has 25 heavy (non-hydrogen) atoms. The molecule has 0 unspecified atom stereocenters. The van der Waals surface area contributed by atoms with Crippen molar-refractivity contribution >= 4 is 29.0 Å². The minimum absolute atomic E-state index is 0.00391. The zero-order chi connectivity index (χ0) is 18.1. The second-order valence-corrected chi connectivity index (χ2v) is 7.24. The molecule has 0 radical (unpaired) electrons. The van der Waals surface area contributed by atoms with Gasteiger partial charge in [-0.05, 0) is 61.5 Å². The fourth-order valence-corrected chi connectivity index (χ4v) is 3.08. The fourth-order valence-electron chi connectivity index (χ4n) is 2.26. The molecular weight excluding hydrogens is 330 g/mol. The van der Waals surface area contributed by atoms with Gasteiger partial charge in [-0.15, -0.1) is 0 Å². The van der Waals surface area contributed by atoms with E-state index in [0.29, 0.717) is 6.54 Å². The third-order valence-corrected chi connectivity index (χ3v) is 4.74. The smallest absolute Gasteiger partial charge is 0.238 e. The molecule has 0 saturated heterocycles. The number of hydrogen-bond donors (Lipinski definition) is 2. The Kier molecular flexibility index (Phi) is 7.82. The van der Waals surface area contributed by atoms with Gasteiger partial charge < -0.3 is 15.5 Å². The molecule has 2 aromatic carbocycles. The molecule has 0 aromatic heterocycles. The van der Waals surface area contributed by atoms with Crippen LogP contribution < -0.4 is 15.5 Å². The van der Waals surface area contributed by atoms with Crippen LogP contribution in [0.3, 0.4) is 0 Å². The van der Waals surface area contributed by atoms with Crippen LogP contribution in [-0.2, 0) is 4.79 Å². The van der Waals surface area contributed by atoms with E-state index in [1.165, 1.54) is 10.6 Å². The Bertz CT molecular complexity index is 654. The standard InChI is InChI=1S/C20H27N3OS/c1-4-5-14-21-15-20(24)22-16-6-10-18(11-7-16)25-19-12-8-17(9-13-19)23(2)3/h6-13,21H,4-5,14-15H2,1-3H3,(H,22,24). The number of carbonyl (C=O) groups excluding carboxylic acids is 1. The van der Waals surface area contributed by atoms with E-state index >= 15 is 0 Å². The Hall–Kier alpha value is -1.98. The Morgan fingerprint density at radius 2 is 1.60 bits per heavy atom. The highest BCUT2D eigenvalue weighted by atomic mass is 32.2. The minimum atomic E-state index is -0.00391. The molecular formula is C20H27N3OS. The summed E-state index contributed by atoms with van der Waals surface area (Å²) in [5.41, 5.74) is 2.02. The van der Waals surface area contributed by atoms with Crippen LogP contribution in [0.5, 0.6) is 0 Å². The Labute approximate surface area is 155 Å². The van der Waals surface area contributed by atoms with Gasteiger partial charge in [0.2, 0.25) is 5.91 Å². The maximum absolute atomic E-state index is 11.9. The van der Waals surface area contributed by atoms with Gasteiger partial charge in [0, 0.05) is 35.3 Å². The van der Waals surface area contributed by atoms with Crippen molar-refractivity contribution in [1.29, 1.82) is 0 Å². The van der Waals surface area contributed by atoms with Crippen LogP contribution in [0.4, 0.5) is 11.4 Å². The molecule has 1 amide bonds. The number of rotatable bonds is 9. The SMILES string of the molecule is CCCCNCC(=O)Nc1ccc(Sc2ccc(N(C)C)cc2)cc1. The Morgan fingerprint density at radius 1 is 1.00 bits per heavy atom. The van der Waals surface area contributed by atoms with Crippen LogP contribution in [-0.4, -0.2) is 33.1 Å². The van der Waals surface area contributed by atoms with E-state index < -0.39 is 0 Å². The lowest BCUT2D eigenvalue weighted by molar-refractivity contribution is -0.115. The lowest BCUT2D eigenvalue weighted by Crippen LogP contribution is -2.28. The topological polar surface area (TPSA) is 44.4 Å². The number of unbranched alkanes of at least 4 members (excludes halogenated alkanes) is 1. The normalized spacial score (nSPS) is 10.5. The van der Waals surface area contributed by atoms with Crippen LogP contribution in [0.1, 0.15) is 19.8 Å². The monoisotopic (exact) mass is 357 g/mol. The molecule has 0 aliphatic heterocycles. The van der Waals surface area contributed by atoms with Gasteiger partial charge in [-0.25, -0.2) is 0 Å². The molecule has 2 N–H and O–H groups in total. The summed E-state index contributed by atoms with van der Waals surface area (Å²) >= 11 is 1.71. The summed E-state index contributed by atoms with van der Waals surface area (Å²) in [5, 5.41) is 6.06. The first-order valence-corrected chi connectivity index (χ1v) is 9.46. The molecule has 0 fully saturated rings. The van der Waals surface area contributed by atoms with E-state index in [-0.39, 0.29) is 5.91 Å². The van der Waals surface area contributed by atoms with Crippen molar-refractivity contribution < 1.29 is 4.79 Å². The van der Waals surface area contributed by atoms with Gasteiger partial charge in [0.1, 0.15) is 0 Å². The quantitative estimate of drug-likeness (QED) is 0.659. The summed E-state index contributed by atoms with van der Waals surface area (Å²) in [7, 11) is 4.07. The number of amides is 1. The summed E-state index contributed by atoms with van der Waals surface area (Å²) < 4.78 is 0. The first-order valence-electron chi connectivity index (χ1n) is 8.64. The predicted molar refractivity (Wildman–Crippen MR) is 108 cm³/mol. The number of nitrogens with zero attached hydrogens (tertiary/aromatic N) is 1. The van der Waals surface area contributed by atoms with Gasteiger partial charge in [-0.1, -0.05) is 25.1 Å². The van der Waals surface area contributed by atoms with Crippen LogP contribution in [0, 0.1) is 0 Å². The molecule has 5 heteroatoms. The van der Waals surface area contributed by atoms with Crippen molar-refractivity contribution in [2.24, 2.45) is 0 Å². The number of carbonyl (C=O) groups is 1. The summed E-state index contributed by atoms with van der Waals surface area (Å²) in [5.74, 6) is -0.00391. The largest absolute Gasteiger partial charge is 0.378 e. The third-order valence-electron chi connectivity index (χ3n) is 3.72. The second kappa shape index (κ2) is 10.1. The van der Waals surface area contributed by atoms with Crippen molar-refractivity contribution in [3.8, 4) is 0 Å². The minimum Gasteiger partial charge on any atom is -0.378 e. The van der Waals surface area contributed by atoms with Crippen molar-refractivity contribution in [2.75, 3.05) is 37.4 Å². The highest BCUT2D eigenvalue weighted by molar-refractivity contribution is 7.99. The zero-order valence-electron chi connectivity index (χ0n) is 15.2. The lowest BCUT2D eigenvalue weighted by Gasteiger charge is -2.12. The molecule has 0 spiro atoms. The average Bonchev–Trinajstić information content (AvgIpc) is 2.61. The van der Waals surface area contributed by atoms with Gasteiger partial charge in [-0.3, -0.25) is 4.79 Å². The molecule has 2 aromatic rings. The van der Waals surface area contributed by atoms with Crippen LogP contribution in [0.25, 0.3) is 0 Å². The zero-order valence-corrected chi connectivity index (χ0v) is 16.0. The van der Waals surface area contributed by atoms with E-state index in [9.17, 15) is 4.79 Å². The molecule has 4 nitrogen and oxygen atoms in total. The number of nitrogens with one attached hydrogen (secondary N) is 2. The number of hydrogen-bond acceptors (Lipinski definition) is 4. The molecule has 0 aliphatic rings. The molecule has 0 aliphatic carbocycles. The molecule has 0 heterocycles. The first kappa shape index (κ1) is 19.3. The Balaban J connectivity index is 1.84. The second-order valence-electron chi connectivity index (χ2n) is 6.09. The molecule has 2 rings (SSSR count). The van der Waals surface area contributed by atoms with E-state index in [1.807, 2.05) is 38.4 Å². The molecule has 0 bridgehead atoms. The summed E-state index contributed by atoms with van der Waals surface area (Å²) in [4.78, 5) is 16.3. The fraction of sp³-hybridized carbons (Fsp3) is 0.350. The summed E-state index contributed by atoms with van der Waals surface area (Å²) in [6.45, 7) is 3.37. The van der Waals surface area contributed by atoms with Gasteiger partial charge in [-0.2, -0.15) is 0 Å². The van der Waals surface area contributed by atoms with Gasteiger partial charge in [0.05, 0.1) is 6.54 Å². The summed E-state index contributed by atoms with van der Waals surface area (Å²) in [6.07, 6.45) is 2.22. The maximum atomic E-state index is 11.9. The number of anilines is 2. The van der Waals surface area contributed by atoms with E-state index in [4.69, 9.17) is 0 Å². The van der Waals surface area contributed by atoms with Crippen molar-refractivity contribution in [2.45, 2.75) is 29.6 Å². The van der Waals surface area contributed by atoms with Crippen molar-refractivity contribution in [3.05, 3.63) is 48.5 Å². The summed E-state index contributed by atoms with van der Waals surface area (Å²) in [6, 6.07) is 16.4. The number of benzene rings is 2. The molecule has 0 atom stereocenters. The molecule has 0 saturated carbocycles. The maximum Gasteiger partial charge on any atom is 0.238 e. The van der Waals surface area contributed by atoms with Crippen molar-refractivity contribution in [1.82, 2.24) is 5.32 Å². The van der Waals surface area contributed by atoms with Crippen LogP contribution in [0.2, 0.25) is 0 Å². The van der Waals surface area contributed by atoms with Crippen LogP contribution >= 0.6 is 11.8 Å². The lowest BCUT2D eigenvalue weighted by atomic mass is 10.3. The predicted octanol–water partition coefficient (Wildman–Crippen LogP) is 4.23. The van der Waals surface area contributed by atoms with Gasteiger partial charge in [0.15, 0.2) is 0 Å². The van der Waals surface area contributed by atoms with Gasteiger partial charge >= 0.3 is 0 Å². The highest BCUT2D eigenvalue weighted by Crippen LogP contribution is 2.29. The average molecular weight is 358 g/mol. The van der Waals surface area contributed by atoms with E-state index in [2.05, 4.69) is 46.7 Å². The van der Waals surface area contributed by atoms with Gasteiger partial charge in [0.25, 0.3) is 0 Å². The van der Waals surface area contributed by atoms with Crippen LogP contribution in [0.15, 0.2) is 58.3 Å². The van der Waals surface area contributed by atoms with E-state index in [0.717, 1.165) is 30.0 Å². The highest BCUT2D eigenvalue weighted by Gasteiger charge is 2.03. The first-order chi connectivity index (χ1) is 12.1. The third kappa shape index (κ3) is 6.80.